The monoisotopic (exact) mass is 262 g/mol. The van der Waals surface area contributed by atoms with Crippen LogP contribution in [0.3, 0.4) is 0 Å². The van der Waals surface area contributed by atoms with Gasteiger partial charge in [-0.25, -0.2) is 4.98 Å². The molecule has 0 aromatic carbocycles. The molecule has 0 unspecified atom stereocenters. The first-order chi connectivity index (χ1) is 9.08. The van der Waals surface area contributed by atoms with Crippen molar-refractivity contribution in [1.29, 1.82) is 0 Å². The molecule has 1 aliphatic heterocycles. The lowest BCUT2D eigenvalue weighted by atomic mass is 10.2. The van der Waals surface area contributed by atoms with Gasteiger partial charge in [-0.2, -0.15) is 0 Å². The number of anilines is 1. The quantitative estimate of drug-likeness (QED) is 0.885. The van der Waals surface area contributed by atoms with Gasteiger partial charge in [0.1, 0.15) is 0 Å². The topological polar surface area (TPSA) is 62.5 Å². The van der Waals surface area contributed by atoms with E-state index in [1.54, 1.807) is 18.3 Å². The second kappa shape index (κ2) is 6.02. The summed E-state index contributed by atoms with van der Waals surface area (Å²) in [4.78, 5) is 20.6. The van der Waals surface area contributed by atoms with Crippen LogP contribution in [0.25, 0.3) is 0 Å². The number of nitrogen functional groups attached to an aromatic ring is 1. The van der Waals surface area contributed by atoms with Crippen molar-refractivity contribution in [3.63, 3.8) is 0 Å². The highest BCUT2D eigenvalue weighted by Gasteiger charge is 2.24. The molecule has 1 aromatic rings. The van der Waals surface area contributed by atoms with Gasteiger partial charge in [0.25, 0.3) is 5.91 Å². The molecule has 2 heterocycles. The molecule has 0 spiro atoms. The fraction of sp³-hybridized carbons (Fsp3) is 0.571. The Labute approximate surface area is 114 Å². The predicted octanol–water partition coefficient (Wildman–Crippen LogP) is 1.08. The van der Waals surface area contributed by atoms with Crippen LogP contribution in [0, 0.1) is 5.92 Å². The number of carbonyl (C=O) groups excluding carboxylic acids is 1. The molecule has 1 saturated heterocycles. The maximum Gasteiger partial charge on any atom is 0.274 e. The van der Waals surface area contributed by atoms with E-state index >= 15 is 0 Å². The van der Waals surface area contributed by atoms with Gasteiger partial charge in [-0.05, 0) is 18.1 Å². The molecular weight excluding hydrogens is 240 g/mol. The third-order valence-corrected chi connectivity index (χ3v) is 3.32. The van der Waals surface area contributed by atoms with Gasteiger partial charge in [0, 0.05) is 38.9 Å². The van der Waals surface area contributed by atoms with Crippen LogP contribution in [0.1, 0.15) is 24.3 Å². The van der Waals surface area contributed by atoms with Crippen LogP contribution < -0.4 is 5.73 Å². The summed E-state index contributed by atoms with van der Waals surface area (Å²) < 4.78 is 0. The van der Waals surface area contributed by atoms with E-state index in [1.807, 2.05) is 4.90 Å². The van der Waals surface area contributed by atoms with Crippen molar-refractivity contribution in [2.75, 3.05) is 38.5 Å². The van der Waals surface area contributed by atoms with Crippen LogP contribution in [-0.2, 0) is 0 Å². The zero-order valence-corrected chi connectivity index (χ0v) is 11.7. The van der Waals surface area contributed by atoms with E-state index in [9.17, 15) is 4.79 Å². The van der Waals surface area contributed by atoms with Crippen LogP contribution in [0.4, 0.5) is 5.69 Å². The Morgan fingerprint density at radius 3 is 2.63 bits per heavy atom. The molecule has 5 heteroatoms. The van der Waals surface area contributed by atoms with Crippen molar-refractivity contribution >= 4 is 11.6 Å². The zero-order valence-electron chi connectivity index (χ0n) is 11.7. The number of carbonyl (C=O) groups is 1. The highest BCUT2D eigenvalue weighted by Crippen LogP contribution is 2.13. The third-order valence-electron chi connectivity index (χ3n) is 3.32. The number of amides is 1. The number of nitrogens with zero attached hydrogens (tertiary/aromatic N) is 3. The van der Waals surface area contributed by atoms with Crippen molar-refractivity contribution < 1.29 is 4.79 Å². The Kier molecular flexibility index (Phi) is 4.37. The van der Waals surface area contributed by atoms with Crippen molar-refractivity contribution in [3.05, 3.63) is 24.0 Å². The Morgan fingerprint density at radius 1 is 1.37 bits per heavy atom. The molecule has 0 atom stereocenters. The van der Waals surface area contributed by atoms with Gasteiger partial charge in [0.2, 0.25) is 0 Å². The highest BCUT2D eigenvalue weighted by molar-refractivity contribution is 5.97. The Balaban J connectivity index is 1.95. The van der Waals surface area contributed by atoms with E-state index in [-0.39, 0.29) is 5.91 Å². The van der Waals surface area contributed by atoms with Gasteiger partial charge >= 0.3 is 0 Å². The van der Waals surface area contributed by atoms with Gasteiger partial charge in [0.15, 0.2) is 5.69 Å². The van der Waals surface area contributed by atoms with Crippen LogP contribution in [0.2, 0.25) is 0 Å². The molecule has 104 valence electrons. The van der Waals surface area contributed by atoms with Crippen LogP contribution in [-0.4, -0.2) is 53.4 Å². The fourth-order valence-corrected chi connectivity index (χ4v) is 2.40. The van der Waals surface area contributed by atoms with Crippen molar-refractivity contribution in [2.24, 2.45) is 5.92 Å². The molecule has 19 heavy (non-hydrogen) atoms. The maximum absolute atomic E-state index is 12.3. The molecule has 0 saturated carbocycles. The molecule has 5 nitrogen and oxygen atoms in total. The summed E-state index contributed by atoms with van der Waals surface area (Å²) in [5.74, 6) is 0.607. The molecule has 0 bridgehead atoms. The van der Waals surface area contributed by atoms with E-state index in [0.717, 1.165) is 32.7 Å². The van der Waals surface area contributed by atoms with Gasteiger partial charge in [0.05, 0.1) is 5.69 Å². The maximum atomic E-state index is 12.3. The normalized spacial score (nSPS) is 16.9. The summed E-state index contributed by atoms with van der Waals surface area (Å²) in [6.07, 6.45) is 1.61. The van der Waals surface area contributed by atoms with Crippen molar-refractivity contribution in [2.45, 2.75) is 13.8 Å². The largest absolute Gasteiger partial charge is 0.397 e. The molecule has 2 rings (SSSR count). The van der Waals surface area contributed by atoms with Crippen molar-refractivity contribution in [3.8, 4) is 0 Å². The summed E-state index contributed by atoms with van der Waals surface area (Å²) in [7, 11) is 0. The number of aromatic nitrogens is 1. The van der Waals surface area contributed by atoms with Crippen LogP contribution in [0.5, 0.6) is 0 Å². The lowest BCUT2D eigenvalue weighted by molar-refractivity contribution is 0.0619. The van der Waals surface area contributed by atoms with Gasteiger partial charge in [-0.15, -0.1) is 0 Å². The minimum Gasteiger partial charge on any atom is -0.397 e. The van der Waals surface area contributed by atoms with Crippen LogP contribution in [0.15, 0.2) is 18.3 Å². The Hall–Kier alpha value is -1.62. The summed E-state index contributed by atoms with van der Waals surface area (Å²) in [6.45, 7) is 8.88. The first-order valence-electron chi connectivity index (χ1n) is 6.80. The Bertz CT molecular complexity index is 439. The lowest BCUT2D eigenvalue weighted by Crippen LogP contribution is -2.49. The number of hydrogen-bond donors (Lipinski definition) is 1. The van der Waals surface area contributed by atoms with Gasteiger partial charge < -0.3 is 10.6 Å². The smallest absolute Gasteiger partial charge is 0.274 e. The summed E-state index contributed by atoms with van der Waals surface area (Å²) in [5.41, 5.74) is 6.63. The lowest BCUT2D eigenvalue weighted by Gasteiger charge is -2.35. The SMILES string of the molecule is CC(C)CN1CCN(C(=O)c2ncccc2N)CC1. The predicted molar refractivity (Wildman–Crippen MR) is 75.8 cm³/mol. The van der Waals surface area contributed by atoms with E-state index in [2.05, 4.69) is 23.7 Å². The summed E-state index contributed by atoms with van der Waals surface area (Å²) in [6, 6.07) is 3.46. The number of rotatable bonds is 3. The molecule has 1 amide bonds. The van der Waals surface area contributed by atoms with E-state index in [4.69, 9.17) is 5.73 Å². The van der Waals surface area contributed by atoms with E-state index in [0.29, 0.717) is 17.3 Å². The number of nitrogens with two attached hydrogens (primary N) is 1. The molecular formula is C14H22N4O. The summed E-state index contributed by atoms with van der Waals surface area (Å²) in [5, 5.41) is 0. The second-order valence-corrected chi connectivity index (χ2v) is 5.43. The molecule has 1 fully saturated rings. The minimum absolute atomic E-state index is 0.0534. The molecule has 0 aliphatic carbocycles. The zero-order chi connectivity index (χ0) is 13.8. The first-order valence-corrected chi connectivity index (χ1v) is 6.80. The minimum atomic E-state index is -0.0534. The number of hydrogen-bond acceptors (Lipinski definition) is 4. The van der Waals surface area contributed by atoms with Crippen LogP contribution >= 0.6 is 0 Å². The Morgan fingerprint density at radius 2 is 2.05 bits per heavy atom. The first kappa shape index (κ1) is 13.8. The second-order valence-electron chi connectivity index (χ2n) is 5.43. The number of pyridine rings is 1. The van der Waals surface area contributed by atoms with Crippen molar-refractivity contribution in [1.82, 2.24) is 14.8 Å². The number of piperazine rings is 1. The average Bonchev–Trinajstić information content (AvgIpc) is 2.39. The standard InChI is InChI=1S/C14H22N4O/c1-11(2)10-17-6-8-18(9-7-17)14(19)13-12(15)4-3-5-16-13/h3-5,11H,6-10,15H2,1-2H3. The molecule has 1 aromatic heterocycles. The third kappa shape index (κ3) is 3.44. The molecule has 2 N–H and O–H groups in total. The van der Waals surface area contributed by atoms with E-state index < -0.39 is 0 Å². The highest BCUT2D eigenvalue weighted by atomic mass is 16.2. The molecule has 0 radical (unpaired) electrons. The molecule has 1 aliphatic rings. The van der Waals surface area contributed by atoms with E-state index in [1.165, 1.54) is 0 Å². The van der Waals surface area contributed by atoms with Gasteiger partial charge in [-0.3, -0.25) is 9.69 Å². The fourth-order valence-electron chi connectivity index (χ4n) is 2.40. The van der Waals surface area contributed by atoms with Gasteiger partial charge in [-0.1, -0.05) is 13.8 Å². The summed E-state index contributed by atoms with van der Waals surface area (Å²) >= 11 is 0. The average molecular weight is 262 g/mol.